The summed E-state index contributed by atoms with van der Waals surface area (Å²) in [6.07, 6.45) is 2.63. The molecule has 0 aromatic carbocycles. The maximum atomic E-state index is 5.15. The Morgan fingerprint density at radius 1 is 1.48 bits per heavy atom. The van der Waals surface area contributed by atoms with Crippen LogP contribution < -0.4 is 5.32 Å². The van der Waals surface area contributed by atoms with Gasteiger partial charge in [-0.25, -0.2) is 4.98 Å². The Hall–Kier alpha value is -1.33. The van der Waals surface area contributed by atoms with Gasteiger partial charge in [0.25, 0.3) is 0 Å². The predicted octanol–water partition coefficient (Wildman–Crippen LogP) is 4.01. The SMILES string of the molecule is COC[C@H](C)Nc1nc(-c2cc(C)n(C3CC3)c2C)cs1. The van der Waals surface area contributed by atoms with Crippen LogP contribution in [0.3, 0.4) is 0 Å². The van der Waals surface area contributed by atoms with E-state index < -0.39 is 0 Å². The molecular weight excluding hydrogens is 282 g/mol. The van der Waals surface area contributed by atoms with Gasteiger partial charge in [-0.1, -0.05) is 0 Å². The molecule has 1 N–H and O–H groups in total. The minimum absolute atomic E-state index is 0.271. The van der Waals surface area contributed by atoms with Gasteiger partial charge in [0.15, 0.2) is 5.13 Å². The lowest BCUT2D eigenvalue weighted by Gasteiger charge is -2.10. The van der Waals surface area contributed by atoms with Crippen LogP contribution in [0.2, 0.25) is 0 Å². The molecule has 1 saturated carbocycles. The quantitative estimate of drug-likeness (QED) is 0.876. The van der Waals surface area contributed by atoms with Crippen molar-refractivity contribution in [3.63, 3.8) is 0 Å². The highest BCUT2D eigenvalue weighted by Gasteiger charge is 2.27. The van der Waals surface area contributed by atoms with Crippen LogP contribution in [0.5, 0.6) is 0 Å². The minimum atomic E-state index is 0.271. The van der Waals surface area contributed by atoms with Crippen molar-refractivity contribution in [1.29, 1.82) is 0 Å². The van der Waals surface area contributed by atoms with E-state index in [0.29, 0.717) is 6.61 Å². The van der Waals surface area contributed by atoms with Crippen molar-refractivity contribution < 1.29 is 4.74 Å². The summed E-state index contributed by atoms with van der Waals surface area (Å²) in [5.41, 5.74) is 5.03. The summed E-state index contributed by atoms with van der Waals surface area (Å²) in [7, 11) is 1.72. The number of nitrogens with zero attached hydrogens (tertiary/aromatic N) is 2. The number of hydrogen-bond donors (Lipinski definition) is 1. The van der Waals surface area contributed by atoms with Crippen molar-refractivity contribution in [3.8, 4) is 11.3 Å². The largest absolute Gasteiger partial charge is 0.383 e. The number of aryl methyl sites for hydroxylation is 1. The van der Waals surface area contributed by atoms with Crippen molar-refractivity contribution in [3.05, 3.63) is 22.8 Å². The van der Waals surface area contributed by atoms with E-state index in [4.69, 9.17) is 9.72 Å². The van der Waals surface area contributed by atoms with E-state index in [0.717, 1.165) is 16.9 Å². The van der Waals surface area contributed by atoms with Crippen LogP contribution in [0.4, 0.5) is 5.13 Å². The number of methoxy groups -OCH3 is 1. The Bertz CT molecular complexity index is 628. The molecule has 114 valence electrons. The lowest BCUT2D eigenvalue weighted by molar-refractivity contribution is 0.190. The maximum absolute atomic E-state index is 5.15. The minimum Gasteiger partial charge on any atom is -0.383 e. The Balaban J connectivity index is 1.81. The number of thiazole rings is 1. The Kier molecular flexibility index (Phi) is 4.04. The molecule has 4 nitrogen and oxygen atoms in total. The van der Waals surface area contributed by atoms with Gasteiger partial charge < -0.3 is 14.6 Å². The van der Waals surface area contributed by atoms with Gasteiger partial charge in [-0.15, -0.1) is 11.3 Å². The molecule has 0 radical (unpaired) electrons. The van der Waals surface area contributed by atoms with Gasteiger partial charge in [-0.2, -0.15) is 0 Å². The van der Waals surface area contributed by atoms with Crippen LogP contribution in [-0.2, 0) is 4.74 Å². The average Bonchev–Trinajstić information content (AvgIpc) is 3.08. The fourth-order valence-electron chi connectivity index (χ4n) is 2.90. The third-order valence-corrected chi connectivity index (χ3v) is 4.74. The van der Waals surface area contributed by atoms with Gasteiger partial charge in [0.1, 0.15) is 0 Å². The van der Waals surface area contributed by atoms with Gasteiger partial charge >= 0.3 is 0 Å². The van der Waals surface area contributed by atoms with Gasteiger partial charge in [0.05, 0.1) is 12.3 Å². The summed E-state index contributed by atoms with van der Waals surface area (Å²) in [5, 5.41) is 6.49. The highest BCUT2D eigenvalue weighted by Crippen LogP contribution is 2.40. The topological polar surface area (TPSA) is 39.1 Å². The van der Waals surface area contributed by atoms with E-state index in [9.17, 15) is 0 Å². The van der Waals surface area contributed by atoms with Crippen LogP contribution in [0, 0.1) is 13.8 Å². The summed E-state index contributed by atoms with van der Waals surface area (Å²) in [4.78, 5) is 4.74. The second-order valence-corrected chi connectivity index (χ2v) is 6.78. The Labute approximate surface area is 130 Å². The van der Waals surface area contributed by atoms with Crippen LogP contribution in [0.1, 0.15) is 37.2 Å². The van der Waals surface area contributed by atoms with Gasteiger partial charge in [-0.3, -0.25) is 0 Å². The summed E-state index contributed by atoms with van der Waals surface area (Å²) in [6.45, 7) is 7.19. The first-order valence-electron chi connectivity index (χ1n) is 7.50. The van der Waals surface area contributed by atoms with Gasteiger partial charge in [-0.05, 0) is 39.7 Å². The van der Waals surface area contributed by atoms with Gasteiger partial charge in [0.2, 0.25) is 0 Å². The predicted molar refractivity (Wildman–Crippen MR) is 88.2 cm³/mol. The molecule has 2 aromatic heterocycles. The molecule has 0 aliphatic heterocycles. The smallest absolute Gasteiger partial charge is 0.183 e. The van der Waals surface area contributed by atoms with E-state index in [2.05, 4.69) is 42.1 Å². The zero-order valence-corrected chi connectivity index (χ0v) is 14.0. The fraction of sp³-hybridized carbons (Fsp3) is 0.562. The van der Waals surface area contributed by atoms with Crippen molar-refractivity contribution in [2.24, 2.45) is 0 Å². The number of aromatic nitrogens is 2. The van der Waals surface area contributed by atoms with E-state index in [1.54, 1.807) is 18.4 Å². The third kappa shape index (κ3) is 2.99. The van der Waals surface area contributed by atoms with Crippen LogP contribution >= 0.6 is 11.3 Å². The molecule has 1 aliphatic carbocycles. The maximum Gasteiger partial charge on any atom is 0.183 e. The Morgan fingerprint density at radius 2 is 2.24 bits per heavy atom. The van der Waals surface area contributed by atoms with Gasteiger partial charge in [0, 0.05) is 41.5 Å². The fourth-order valence-corrected chi connectivity index (χ4v) is 3.72. The van der Waals surface area contributed by atoms with Crippen molar-refractivity contribution in [2.45, 2.75) is 45.7 Å². The molecular formula is C16H23N3OS. The second-order valence-electron chi connectivity index (χ2n) is 5.92. The molecule has 0 amide bonds. The molecule has 2 aromatic rings. The van der Waals surface area contributed by atoms with E-state index >= 15 is 0 Å². The molecule has 21 heavy (non-hydrogen) atoms. The summed E-state index contributed by atoms with van der Waals surface area (Å²) >= 11 is 1.66. The summed E-state index contributed by atoms with van der Waals surface area (Å²) in [5.74, 6) is 0. The normalized spacial score (nSPS) is 16.2. The number of hydrogen-bond acceptors (Lipinski definition) is 4. The molecule has 2 heterocycles. The molecule has 5 heteroatoms. The number of ether oxygens (including phenoxy) is 1. The summed E-state index contributed by atoms with van der Waals surface area (Å²) in [6, 6.07) is 3.26. The zero-order valence-electron chi connectivity index (χ0n) is 13.1. The van der Waals surface area contributed by atoms with Crippen LogP contribution in [-0.4, -0.2) is 29.3 Å². The lowest BCUT2D eigenvalue weighted by atomic mass is 10.2. The zero-order chi connectivity index (χ0) is 15.0. The molecule has 3 rings (SSSR count). The summed E-state index contributed by atoms with van der Waals surface area (Å²) < 4.78 is 7.62. The number of anilines is 1. The molecule has 0 spiro atoms. The van der Waals surface area contributed by atoms with Crippen molar-refractivity contribution >= 4 is 16.5 Å². The number of rotatable bonds is 6. The average molecular weight is 305 g/mol. The first kappa shape index (κ1) is 14.6. The standard InChI is InChI=1S/C16H23N3OS/c1-10(8-20-4)17-16-18-15(9-21-16)14-7-11(2)19(12(14)3)13-5-6-13/h7,9-10,13H,5-6,8H2,1-4H3,(H,17,18)/t10-/m0/s1. The molecule has 0 unspecified atom stereocenters. The highest BCUT2D eigenvalue weighted by atomic mass is 32.1. The van der Waals surface area contributed by atoms with E-state index in [1.165, 1.54) is 29.8 Å². The lowest BCUT2D eigenvalue weighted by Crippen LogP contribution is -2.20. The van der Waals surface area contributed by atoms with Crippen LogP contribution in [0.15, 0.2) is 11.4 Å². The van der Waals surface area contributed by atoms with Crippen molar-refractivity contribution in [1.82, 2.24) is 9.55 Å². The third-order valence-electron chi connectivity index (χ3n) is 3.96. The van der Waals surface area contributed by atoms with Crippen LogP contribution in [0.25, 0.3) is 11.3 Å². The molecule has 0 saturated heterocycles. The number of nitrogens with one attached hydrogen (secondary N) is 1. The first-order chi connectivity index (χ1) is 10.1. The van der Waals surface area contributed by atoms with E-state index in [-0.39, 0.29) is 6.04 Å². The Morgan fingerprint density at radius 3 is 2.90 bits per heavy atom. The molecule has 1 atom stereocenters. The van der Waals surface area contributed by atoms with E-state index in [1.807, 2.05) is 0 Å². The molecule has 1 aliphatic rings. The first-order valence-corrected chi connectivity index (χ1v) is 8.38. The van der Waals surface area contributed by atoms with Crippen molar-refractivity contribution in [2.75, 3.05) is 19.0 Å². The second kappa shape index (κ2) is 5.81. The molecule has 1 fully saturated rings. The highest BCUT2D eigenvalue weighted by molar-refractivity contribution is 7.14. The molecule has 0 bridgehead atoms. The monoisotopic (exact) mass is 305 g/mol.